The third-order valence-corrected chi connectivity index (χ3v) is 3.03. The van der Waals surface area contributed by atoms with Gasteiger partial charge in [-0.05, 0) is 6.92 Å². The summed E-state index contributed by atoms with van der Waals surface area (Å²) in [5.74, 6) is 0.600. The Hall–Kier alpha value is -1.96. The van der Waals surface area contributed by atoms with Crippen LogP contribution in [0.1, 0.15) is 10.7 Å². The number of rotatable bonds is 4. The van der Waals surface area contributed by atoms with Gasteiger partial charge in [0.15, 0.2) is 0 Å². The zero-order valence-electron chi connectivity index (χ0n) is 10.4. The highest BCUT2D eigenvalue weighted by molar-refractivity contribution is 7.09. The fourth-order valence-corrected chi connectivity index (χ4v) is 2.02. The molecule has 0 aliphatic rings. The molecular formula is C10H14N6OS. The second kappa shape index (κ2) is 5.13. The van der Waals surface area contributed by atoms with E-state index < -0.39 is 0 Å². The Balaban J connectivity index is 2.17. The molecule has 18 heavy (non-hydrogen) atoms. The predicted molar refractivity (Wildman–Crippen MR) is 69.7 cm³/mol. The van der Waals surface area contributed by atoms with E-state index in [1.807, 2.05) is 24.3 Å². The first-order chi connectivity index (χ1) is 8.58. The maximum atomic E-state index is 5.59. The molecule has 2 aromatic rings. The minimum atomic E-state index is 0.137. The normalized spacial score (nSPS) is 10.4. The Morgan fingerprint density at radius 3 is 2.72 bits per heavy atom. The highest BCUT2D eigenvalue weighted by Gasteiger charge is 2.11. The molecule has 0 amide bonds. The molecular weight excluding hydrogens is 252 g/mol. The van der Waals surface area contributed by atoms with E-state index in [-0.39, 0.29) is 12.0 Å². The molecule has 0 saturated carbocycles. The van der Waals surface area contributed by atoms with Crippen LogP contribution in [-0.2, 0) is 6.54 Å². The minimum Gasteiger partial charge on any atom is -0.467 e. The van der Waals surface area contributed by atoms with Crippen molar-refractivity contribution < 1.29 is 4.74 Å². The summed E-state index contributed by atoms with van der Waals surface area (Å²) < 4.78 is 4.96. The van der Waals surface area contributed by atoms with Crippen LogP contribution in [0.5, 0.6) is 6.01 Å². The molecule has 0 atom stereocenters. The second-order valence-electron chi connectivity index (χ2n) is 3.69. The van der Waals surface area contributed by atoms with Crippen molar-refractivity contribution >= 4 is 23.2 Å². The first-order valence-electron chi connectivity index (χ1n) is 5.26. The third kappa shape index (κ3) is 2.83. The molecule has 8 heteroatoms. The Kier molecular flexibility index (Phi) is 3.56. The maximum absolute atomic E-state index is 5.59. The molecule has 2 N–H and O–H groups in total. The van der Waals surface area contributed by atoms with Crippen LogP contribution in [0.4, 0.5) is 11.9 Å². The predicted octanol–water partition coefficient (Wildman–Crippen LogP) is 0.864. The van der Waals surface area contributed by atoms with E-state index in [2.05, 4.69) is 19.9 Å². The van der Waals surface area contributed by atoms with E-state index >= 15 is 0 Å². The lowest BCUT2D eigenvalue weighted by atomic mass is 10.4. The van der Waals surface area contributed by atoms with Crippen molar-refractivity contribution in [2.45, 2.75) is 13.5 Å². The van der Waals surface area contributed by atoms with Crippen LogP contribution in [-0.4, -0.2) is 34.1 Å². The summed E-state index contributed by atoms with van der Waals surface area (Å²) in [4.78, 5) is 18.3. The van der Waals surface area contributed by atoms with Crippen LogP contribution in [0.3, 0.4) is 0 Å². The van der Waals surface area contributed by atoms with E-state index in [4.69, 9.17) is 10.5 Å². The van der Waals surface area contributed by atoms with Crippen molar-refractivity contribution in [3.8, 4) is 6.01 Å². The van der Waals surface area contributed by atoms with Crippen molar-refractivity contribution in [2.75, 3.05) is 24.8 Å². The monoisotopic (exact) mass is 266 g/mol. The number of anilines is 2. The van der Waals surface area contributed by atoms with Crippen LogP contribution in [0.25, 0.3) is 0 Å². The summed E-state index contributed by atoms with van der Waals surface area (Å²) in [6.45, 7) is 2.58. The average Bonchev–Trinajstić information content (AvgIpc) is 2.73. The number of aromatic nitrogens is 4. The van der Waals surface area contributed by atoms with Gasteiger partial charge in [0.2, 0.25) is 11.9 Å². The summed E-state index contributed by atoms with van der Waals surface area (Å²) in [6.07, 6.45) is 0. The topological polar surface area (TPSA) is 90.0 Å². The van der Waals surface area contributed by atoms with Crippen LogP contribution in [0, 0.1) is 6.92 Å². The second-order valence-corrected chi connectivity index (χ2v) is 4.76. The Labute approximate surface area is 109 Å². The number of aryl methyl sites for hydroxylation is 1. The van der Waals surface area contributed by atoms with E-state index in [0.717, 1.165) is 10.7 Å². The summed E-state index contributed by atoms with van der Waals surface area (Å²) in [5.41, 5.74) is 6.56. The van der Waals surface area contributed by atoms with Crippen LogP contribution in [0.2, 0.25) is 0 Å². The molecule has 0 bridgehead atoms. The summed E-state index contributed by atoms with van der Waals surface area (Å²) in [7, 11) is 3.35. The molecule has 2 heterocycles. The first-order valence-corrected chi connectivity index (χ1v) is 6.14. The summed E-state index contributed by atoms with van der Waals surface area (Å²) >= 11 is 1.61. The molecule has 2 aromatic heterocycles. The third-order valence-electron chi connectivity index (χ3n) is 2.21. The first kappa shape index (κ1) is 12.5. The van der Waals surface area contributed by atoms with Crippen LogP contribution >= 0.6 is 11.3 Å². The molecule has 0 spiro atoms. The van der Waals surface area contributed by atoms with Crippen LogP contribution < -0.4 is 15.4 Å². The van der Waals surface area contributed by atoms with Gasteiger partial charge < -0.3 is 15.4 Å². The van der Waals surface area contributed by atoms with Crippen molar-refractivity contribution in [3.63, 3.8) is 0 Å². The Morgan fingerprint density at radius 2 is 2.11 bits per heavy atom. The van der Waals surface area contributed by atoms with Gasteiger partial charge >= 0.3 is 6.01 Å². The molecule has 0 aliphatic heterocycles. The number of hydrogen-bond acceptors (Lipinski definition) is 8. The molecule has 2 rings (SSSR count). The Bertz CT molecular complexity index is 543. The van der Waals surface area contributed by atoms with Gasteiger partial charge in [0, 0.05) is 12.4 Å². The molecule has 0 unspecified atom stereocenters. The molecule has 0 aromatic carbocycles. The highest BCUT2D eigenvalue weighted by Crippen LogP contribution is 2.15. The lowest BCUT2D eigenvalue weighted by Gasteiger charge is -2.15. The number of thiazole rings is 1. The fourth-order valence-electron chi connectivity index (χ4n) is 1.42. The zero-order chi connectivity index (χ0) is 13.1. The van der Waals surface area contributed by atoms with Gasteiger partial charge in [0.05, 0.1) is 24.4 Å². The number of nitrogens with two attached hydrogens (primary N) is 1. The van der Waals surface area contributed by atoms with Gasteiger partial charge in [-0.3, -0.25) is 0 Å². The average molecular weight is 266 g/mol. The number of ether oxygens (including phenoxy) is 1. The number of methoxy groups -OCH3 is 1. The molecule has 0 aliphatic carbocycles. The number of nitrogens with zero attached hydrogens (tertiary/aromatic N) is 5. The quantitative estimate of drug-likeness (QED) is 0.877. The van der Waals surface area contributed by atoms with Gasteiger partial charge in [0.25, 0.3) is 0 Å². The molecule has 7 nitrogen and oxygen atoms in total. The van der Waals surface area contributed by atoms with Crippen molar-refractivity contribution in [1.82, 2.24) is 19.9 Å². The van der Waals surface area contributed by atoms with Crippen molar-refractivity contribution in [2.24, 2.45) is 0 Å². The zero-order valence-corrected chi connectivity index (χ0v) is 11.2. The lowest BCUT2D eigenvalue weighted by Crippen LogP contribution is -2.20. The summed E-state index contributed by atoms with van der Waals surface area (Å²) in [5, 5.41) is 3.04. The van der Waals surface area contributed by atoms with E-state index in [9.17, 15) is 0 Å². The van der Waals surface area contributed by atoms with E-state index in [1.165, 1.54) is 7.11 Å². The smallest absolute Gasteiger partial charge is 0.322 e. The van der Waals surface area contributed by atoms with Gasteiger partial charge in [-0.2, -0.15) is 15.0 Å². The van der Waals surface area contributed by atoms with Crippen LogP contribution in [0.15, 0.2) is 5.38 Å². The maximum Gasteiger partial charge on any atom is 0.322 e. The standard InChI is InChI=1S/C10H14N6OS/c1-6-12-7(5-18-6)4-16(2)9-13-8(11)14-10(15-9)17-3/h5H,4H2,1-3H3,(H2,11,13,14,15). The lowest BCUT2D eigenvalue weighted by molar-refractivity contribution is 0.379. The van der Waals surface area contributed by atoms with Gasteiger partial charge in [0.1, 0.15) is 0 Å². The van der Waals surface area contributed by atoms with Gasteiger partial charge in [-0.15, -0.1) is 11.3 Å². The largest absolute Gasteiger partial charge is 0.467 e. The molecule has 96 valence electrons. The van der Waals surface area contributed by atoms with Gasteiger partial charge in [-0.1, -0.05) is 0 Å². The number of nitrogen functional groups attached to an aromatic ring is 1. The summed E-state index contributed by atoms with van der Waals surface area (Å²) in [6, 6.07) is 0.207. The van der Waals surface area contributed by atoms with Crippen molar-refractivity contribution in [3.05, 3.63) is 16.1 Å². The molecule has 0 radical (unpaired) electrons. The molecule has 0 fully saturated rings. The Morgan fingerprint density at radius 1 is 1.33 bits per heavy atom. The van der Waals surface area contributed by atoms with Gasteiger partial charge in [-0.25, -0.2) is 4.98 Å². The minimum absolute atomic E-state index is 0.137. The van der Waals surface area contributed by atoms with E-state index in [1.54, 1.807) is 11.3 Å². The fraction of sp³-hybridized carbons (Fsp3) is 0.400. The van der Waals surface area contributed by atoms with Crippen molar-refractivity contribution in [1.29, 1.82) is 0 Å². The molecule has 0 saturated heterocycles. The SMILES string of the molecule is COc1nc(N)nc(N(C)Cc2csc(C)n2)n1. The highest BCUT2D eigenvalue weighted by atomic mass is 32.1. The number of hydrogen-bond donors (Lipinski definition) is 1. The van der Waals surface area contributed by atoms with E-state index in [0.29, 0.717) is 12.5 Å².